The number of Topliss-reactive ketones (excluding diaryl/α,β-unsaturated/α-hetero) is 1. The lowest BCUT2D eigenvalue weighted by Crippen LogP contribution is -2.27. The van der Waals surface area contributed by atoms with Crippen molar-refractivity contribution in [2.75, 3.05) is 0 Å². The van der Waals surface area contributed by atoms with Gasteiger partial charge in [0.25, 0.3) is 0 Å². The normalized spacial score (nSPS) is 15.2. The quantitative estimate of drug-likeness (QED) is 0.741. The molecule has 0 atom stereocenters. The third-order valence-corrected chi connectivity index (χ3v) is 5.16. The van der Waals surface area contributed by atoms with Crippen LogP contribution in [0.2, 0.25) is 0 Å². The maximum Gasteiger partial charge on any atom is 0.165 e. The van der Waals surface area contributed by atoms with Gasteiger partial charge in [0.15, 0.2) is 5.78 Å². The van der Waals surface area contributed by atoms with Gasteiger partial charge in [0.2, 0.25) is 0 Å². The Hall–Kier alpha value is -3.19. The van der Waals surface area contributed by atoms with E-state index in [4.69, 9.17) is 0 Å². The van der Waals surface area contributed by atoms with Gasteiger partial charge in [0, 0.05) is 42.1 Å². The maximum atomic E-state index is 13.0. The minimum absolute atomic E-state index is 0.0392. The first-order valence-electron chi connectivity index (χ1n) is 9.13. The fraction of sp³-hybridized carbons (Fsp3) is 0.261. The summed E-state index contributed by atoms with van der Waals surface area (Å²) in [4.78, 5) is 20.6. The predicted molar refractivity (Wildman–Crippen MR) is 104 cm³/mol. The van der Waals surface area contributed by atoms with E-state index in [2.05, 4.69) is 29.9 Å². The summed E-state index contributed by atoms with van der Waals surface area (Å²) in [6.45, 7) is 4.27. The summed E-state index contributed by atoms with van der Waals surface area (Å²) in [5.74, 6) is 0.198. The van der Waals surface area contributed by atoms with Crippen molar-refractivity contribution in [3.8, 4) is 17.3 Å². The molecule has 3 aromatic rings. The lowest BCUT2D eigenvalue weighted by molar-refractivity contribution is 0.0911. The monoisotopic (exact) mass is 355 g/mol. The van der Waals surface area contributed by atoms with Crippen LogP contribution in [0.25, 0.3) is 11.3 Å². The van der Waals surface area contributed by atoms with Gasteiger partial charge >= 0.3 is 0 Å². The van der Waals surface area contributed by atoms with Gasteiger partial charge in [-0.2, -0.15) is 5.26 Å². The van der Waals surface area contributed by atoms with E-state index in [0.717, 1.165) is 40.1 Å². The van der Waals surface area contributed by atoms with Crippen molar-refractivity contribution in [3.63, 3.8) is 0 Å². The van der Waals surface area contributed by atoms with Crippen molar-refractivity contribution in [2.45, 2.75) is 33.1 Å². The van der Waals surface area contributed by atoms with Gasteiger partial charge in [0.05, 0.1) is 17.3 Å². The van der Waals surface area contributed by atoms with Gasteiger partial charge in [-0.15, -0.1) is 0 Å². The average Bonchev–Trinajstić information content (AvgIpc) is 2.99. The molecule has 27 heavy (non-hydrogen) atoms. The third kappa shape index (κ3) is 3.29. The van der Waals surface area contributed by atoms with Crippen LogP contribution in [-0.2, 0) is 12.8 Å². The number of benzene rings is 1. The summed E-state index contributed by atoms with van der Waals surface area (Å²) in [7, 11) is 0. The number of carbonyl (C=O) groups is 1. The van der Waals surface area contributed by atoms with Crippen LogP contribution in [0.5, 0.6) is 0 Å². The number of ketones is 1. The van der Waals surface area contributed by atoms with E-state index in [9.17, 15) is 10.1 Å². The number of nitrogens with one attached hydrogen (secondary N) is 1. The lowest BCUT2D eigenvalue weighted by atomic mass is 9.75. The zero-order valence-corrected chi connectivity index (χ0v) is 15.5. The number of aromatic nitrogens is 2. The molecule has 2 heterocycles. The van der Waals surface area contributed by atoms with Crippen molar-refractivity contribution in [1.82, 2.24) is 9.97 Å². The van der Waals surface area contributed by atoms with Crippen LogP contribution >= 0.6 is 0 Å². The average molecular weight is 355 g/mol. The van der Waals surface area contributed by atoms with Crippen LogP contribution < -0.4 is 0 Å². The highest BCUT2D eigenvalue weighted by Gasteiger charge is 2.35. The van der Waals surface area contributed by atoms with Crippen molar-refractivity contribution < 1.29 is 4.79 Å². The number of nitrogens with zero attached hydrogens (tertiary/aromatic N) is 2. The van der Waals surface area contributed by atoms with E-state index >= 15 is 0 Å². The lowest BCUT2D eigenvalue weighted by Gasteiger charge is -2.28. The van der Waals surface area contributed by atoms with E-state index in [0.29, 0.717) is 18.4 Å². The number of carbonyl (C=O) groups excluding carboxylic acids is 1. The highest BCUT2D eigenvalue weighted by Crippen LogP contribution is 2.40. The molecule has 1 aliphatic rings. The first-order chi connectivity index (χ1) is 13.0. The van der Waals surface area contributed by atoms with E-state index in [-0.39, 0.29) is 11.2 Å². The van der Waals surface area contributed by atoms with Crippen molar-refractivity contribution >= 4 is 5.78 Å². The summed E-state index contributed by atoms with van der Waals surface area (Å²) in [5.41, 5.74) is 6.51. The fourth-order valence-corrected chi connectivity index (χ4v) is 4.03. The molecule has 1 aliphatic carbocycles. The Kier molecular flexibility index (Phi) is 4.16. The third-order valence-electron chi connectivity index (χ3n) is 5.16. The molecule has 0 spiro atoms. The van der Waals surface area contributed by atoms with Gasteiger partial charge in [-0.05, 0) is 47.2 Å². The molecule has 134 valence electrons. The molecule has 0 saturated heterocycles. The highest BCUT2D eigenvalue weighted by atomic mass is 16.1. The van der Waals surface area contributed by atoms with Gasteiger partial charge < -0.3 is 4.98 Å². The topological polar surface area (TPSA) is 69.5 Å². The summed E-state index contributed by atoms with van der Waals surface area (Å²) in [6.07, 6.45) is 5.55. The molecule has 0 bridgehead atoms. The molecular weight excluding hydrogens is 334 g/mol. The molecule has 1 aromatic carbocycles. The molecule has 0 amide bonds. The molecule has 4 nitrogen and oxygen atoms in total. The minimum Gasteiger partial charge on any atom is -0.358 e. The number of fused-ring (bicyclic) bond motifs is 1. The Balaban J connectivity index is 1.87. The second-order valence-corrected chi connectivity index (χ2v) is 8.00. The van der Waals surface area contributed by atoms with E-state index < -0.39 is 0 Å². The Morgan fingerprint density at radius 3 is 2.70 bits per heavy atom. The molecule has 4 heteroatoms. The predicted octanol–water partition coefficient (Wildman–Crippen LogP) is 4.69. The van der Waals surface area contributed by atoms with Crippen LogP contribution in [0, 0.1) is 16.7 Å². The molecule has 1 N–H and O–H groups in total. The second-order valence-electron chi connectivity index (χ2n) is 8.00. The van der Waals surface area contributed by atoms with Gasteiger partial charge in [-0.1, -0.05) is 26.0 Å². The smallest absolute Gasteiger partial charge is 0.165 e. The van der Waals surface area contributed by atoms with E-state index in [1.54, 1.807) is 18.5 Å². The van der Waals surface area contributed by atoms with Gasteiger partial charge in [0.1, 0.15) is 0 Å². The SMILES string of the molecule is CC1(C)CC(=O)c2c([nH]c(-c3ccncc3)c2Cc2cccc(C#N)c2)C1. The van der Waals surface area contributed by atoms with E-state index in [1.165, 1.54) is 0 Å². The summed E-state index contributed by atoms with van der Waals surface area (Å²) >= 11 is 0. The molecule has 0 aliphatic heterocycles. The first kappa shape index (κ1) is 17.2. The number of rotatable bonds is 3. The molecule has 0 saturated carbocycles. The Morgan fingerprint density at radius 2 is 1.96 bits per heavy atom. The highest BCUT2D eigenvalue weighted by molar-refractivity contribution is 6.02. The van der Waals surface area contributed by atoms with Crippen molar-refractivity contribution in [3.05, 3.63) is 76.7 Å². The number of aromatic amines is 1. The Labute approximate surface area is 158 Å². The Bertz CT molecular complexity index is 1050. The van der Waals surface area contributed by atoms with Crippen LogP contribution in [0.3, 0.4) is 0 Å². The maximum absolute atomic E-state index is 13.0. The molecule has 0 unspecified atom stereocenters. The second kappa shape index (κ2) is 6.51. The summed E-state index contributed by atoms with van der Waals surface area (Å²) in [6, 6.07) is 13.7. The number of hydrogen-bond donors (Lipinski definition) is 1. The fourth-order valence-electron chi connectivity index (χ4n) is 4.03. The molecule has 4 rings (SSSR count). The largest absolute Gasteiger partial charge is 0.358 e. The summed E-state index contributed by atoms with van der Waals surface area (Å²) < 4.78 is 0. The number of nitriles is 1. The molecule has 2 aromatic heterocycles. The van der Waals surface area contributed by atoms with Crippen molar-refractivity contribution in [1.29, 1.82) is 5.26 Å². The van der Waals surface area contributed by atoms with Gasteiger partial charge in [-0.3, -0.25) is 9.78 Å². The molecule has 0 fully saturated rings. The number of H-pyrrole nitrogens is 1. The first-order valence-corrected chi connectivity index (χ1v) is 9.13. The van der Waals surface area contributed by atoms with Crippen LogP contribution in [-0.4, -0.2) is 15.8 Å². The standard InChI is InChI=1S/C23H21N3O/c1-23(2)12-19-21(20(27)13-23)18(11-15-4-3-5-16(10-15)14-24)22(26-19)17-6-8-25-9-7-17/h3-10,26H,11-13H2,1-2H3. The zero-order chi connectivity index (χ0) is 19.0. The molecule has 0 radical (unpaired) electrons. The van der Waals surface area contributed by atoms with Crippen LogP contribution in [0.1, 0.15) is 53.0 Å². The zero-order valence-electron chi connectivity index (χ0n) is 15.5. The number of pyridine rings is 1. The van der Waals surface area contributed by atoms with Crippen LogP contribution in [0.15, 0.2) is 48.8 Å². The molecular formula is C23H21N3O. The van der Waals surface area contributed by atoms with Gasteiger partial charge in [-0.25, -0.2) is 0 Å². The Morgan fingerprint density at radius 1 is 1.19 bits per heavy atom. The van der Waals surface area contributed by atoms with E-state index in [1.807, 2.05) is 30.3 Å². The minimum atomic E-state index is -0.0392. The van der Waals surface area contributed by atoms with Crippen molar-refractivity contribution in [2.24, 2.45) is 5.41 Å². The summed E-state index contributed by atoms with van der Waals surface area (Å²) in [5, 5.41) is 9.20. The number of hydrogen-bond acceptors (Lipinski definition) is 3. The van der Waals surface area contributed by atoms with Crippen LogP contribution in [0.4, 0.5) is 0 Å².